The smallest absolute Gasteiger partial charge is 0.258 e. The van der Waals surface area contributed by atoms with Crippen molar-refractivity contribution in [3.8, 4) is 17.0 Å². The molecule has 10 heteroatoms. The number of aromatic hydroxyl groups is 1. The maximum atomic E-state index is 15.0. The van der Waals surface area contributed by atoms with Crippen molar-refractivity contribution in [1.82, 2.24) is 29.9 Å². The van der Waals surface area contributed by atoms with Crippen molar-refractivity contribution in [2.45, 2.75) is 0 Å². The molecule has 1 saturated heterocycles. The summed E-state index contributed by atoms with van der Waals surface area (Å²) in [6, 6.07) is 5.05. The number of aromatic nitrogens is 5. The van der Waals surface area contributed by atoms with E-state index in [0.717, 1.165) is 19.2 Å². The molecule has 0 aliphatic carbocycles. The molecule has 1 fully saturated rings. The van der Waals surface area contributed by atoms with Gasteiger partial charge in [0, 0.05) is 26.2 Å². The summed E-state index contributed by atoms with van der Waals surface area (Å²) in [5.41, 5.74) is -0.234. The molecule has 8 nitrogen and oxygen atoms in total. The zero-order valence-corrected chi connectivity index (χ0v) is 14.6. The van der Waals surface area contributed by atoms with Gasteiger partial charge in [0.1, 0.15) is 29.4 Å². The lowest BCUT2D eigenvalue weighted by Gasteiger charge is -2.29. The van der Waals surface area contributed by atoms with Gasteiger partial charge in [0.25, 0.3) is 5.78 Å². The number of halogens is 2. The molecule has 4 aromatic rings. The Balaban J connectivity index is 1.82. The Kier molecular flexibility index (Phi) is 3.79. The zero-order valence-electron chi connectivity index (χ0n) is 14.6. The van der Waals surface area contributed by atoms with Crippen LogP contribution in [0.4, 0.5) is 14.6 Å². The van der Waals surface area contributed by atoms with Gasteiger partial charge < -0.3 is 15.3 Å². The minimum Gasteiger partial charge on any atom is -0.507 e. The summed E-state index contributed by atoms with van der Waals surface area (Å²) in [6.45, 7) is 2.95. The molecule has 0 unspecified atom stereocenters. The van der Waals surface area contributed by atoms with Gasteiger partial charge in [-0.25, -0.2) is 18.2 Å². The highest BCUT2D eigenvalue weighted by molar-refractivity contribution is 5.91. The third-order valence-electron chi connectivity index (χ3n) is 4.81. The van der Waals surface area contributed by atoms with Crippen molar-refractivity contribution < 1.29 is 13.9 Å². The summed E-state index contributed by atoms with van der Waals surface area (Å²) >= 11 is 0. The molecule has 1 aromatic carbocycles. The van der Waals surface area contributed by atoms with Gasteiger partial charge >= 0.3 is 0 Å². The lowest BCUT2D eigenvalue weighted by Crippen LogP contribution is -2.44. The van der Waals surface area contributed by atoms with E-state index in [1.165, 1.54) is 28.9 Å². The van der Waals surface area contributed by atoms with Crippen LogP contribution >= 0.6 is 0 Å². The number of nitrogens with zero attached hydrogens (tertiary/aromatic N) is 6. The molecule has 0 amide bonds. The number of nitrogens with one attached hydrogen (secondary N) is 1. The van der Waals surface area contributed by atoms with E-state index in [9.17, 15) is 13.9 Å². The molecule has 0 atom stereocenters. The third kappa shape index (κ3) is 2.53. The summed E-state index contributed by atoms with van der Waals surface area (Å²) in [4.78, 5) is 10.9. The molecule has 28 heavy (non-hydrogen) atoms. The van der Waals surface area contributed by atoms with Crippen molar-refractivity contribution in [2.75, 3.05) is 31.1 Å². The Bertz CT molecular complexity index is 1180. The quantitative estimate of drug-likeness (QED) is 0.545. The maximum absolute atomic E-state index is 15.0. The van der Waals surface area contributed by atoms with E-state index < -0.39 is 11.6 Å². The Hall–Kier alpha value is -3.40. The number of fused-ring (bicyclic) bond motifs is 3. The molecule has 4 heterocycles. The molecule has 0 spiro atoms. The highest BCUT2D eigenvalue weighted by Gasteiger charge is 2.23. The number of piperazine rings is 1. The predicted octanol–water partition coefficient (Wildman–Crippen LogP) is 1.73. The summed E-state index contributed by atoms with van der Waals surface area (Å²) < 4.78 is 30.8. The van der Waals surface area contributed by atoms with Crippen LogP contribution in [0.1, 0.15) is 0 Å². The first-order valence-electron chi connectivity index (χ1n) is 8.77. The number of pyridine rings is 1. The minimum atomic E-state index is -0.762. The van der Waals surface area contributed by atoms with E-state index in [2.05, 4.69) is 25.5 Å². The number of phenolic OH excluding ortho intramolecular Hbond substituents is 1. The van der Waals surface area contributed by atoms with Crippen LogP contribution in [0.15, 0.2) is 30.6 Å². The number of anilines is 1. The van der Waals surface area contributed by atoms with Crippen LogP contribution < -0.4 is 10.2 Å². The Morgan fingerprint density at radius 3 is 2.68 bits per heavy atom. The fourth-order valence-electron chi connectivity index (χ4n) is 3.48. The Labute approximate surface area is 157 Å². The summed E-state index contributed by atoms with van der Waals surface area (Å²) in [6.07, 6.45) is 1.42. The van der Waals surface area contributed by atoms with Gasteiger partial charge in [0.05, 0.1) is 10.9 Å². The van der Waals surface area contributed by atoms with Gasteiger partial charge in [-0.05, 0) is 18.2 Å². The molecule has 0 radical (unpaired) electrons. The van der Waals surface area contributed by atoms with Gasteiger partial charge in [-0.1, -0.05) is 6.07 Å². The zero-order chi connectivity index (χ0) is 19.3. The first-order valence-corrected chi connectivity index (χ1v) is 8.77. The second-order valence-electron chi connectivity index (χ2n) is 6.50. The van der Waals surface area contributed by atoms with Crippen molar-refractivity contribution in [2.24, 2.45) is 0 Å². The topological polar surface area (TPSA) is 91.5 Å². The number of benzene rings is 1. The normalized spacial score (nSPS) is 14.9. The summed E-state index contributed by atoms with van der Waals surface area (Å²) in [5.74, 6) is -1.04. The van der Waals surface area contributed by atoms with Gasteiger partial charge in [-0.15, -0.1) is 10.2 Å². The highest BCUT2D eigenvalue weighted by Crippen LogP contribution is 2.35. The second-order valence-corrected chi connectivity index (χ2v) is 6.50. The van der Waals surface area contributed by atoms with Crippen LogP contribution in [0.3, 0.4) is 0 Å². The van der Waals surface area contributed by atoms with Crippen molar-refractivity contribution in [1.29, 1.82) is 0 Å². The maximum Gasteiger partial charge on any atom is 0.258 e. The van der Waals surface area contributed by atoms with Crippen molar-refractivity contribution >= 4 is 22.6 Å². The van der Waals surface area contributed by atoms with Crippen LogP contribution in [-0.4, -0.2) is 55.9 Å². The molecular weight excluding hydrogens is 368 g/mol. The van der Waals surface area contributed by atoms with Crippen molar-refractivity contribution in [3.63, 3.8) is 0 Å². The fraction of sp³-hybridized carbons (Fsp3) is 0.222. The first kappa shape index (κ1) is 16.8. The van der Waals surface area contributed by atoms with E-state index in [4.69, 9.17) is 0 Å². The lowest BCUT2D eigenvalue weighted by atomic mass is 10.1. The summed E-state index contributed by atoms with van der Waals surface area (Å²) in [5, 5.41) is 21.6. The van der Waals surface area contributed by atoms with Crippen LogP contribution in [0.2, 0.25) is 0 Å². The van der Waals surface area contributed by atoms with E-state index in [-0.39, 0.29) is 17.0 Å². The largest absolute Gasteiger partial charge is 0.507 e. The lowest BCUT2D eigenvalue weighted by molar-refractivity contribution is 0.470. The van der Waals surface area contributed by atoms with E-state index in [1.807, 2.05) is 4.90 Å². The van der Waals surface area contributed by atoms with Crippen molar-refractivity contribution in [3.05, 3.63) is 42.2 Å². The number of phenols is 1. The molecule has 0 bridgehead atoms. The standard InChI is InChI=1S/C18H15F2N7O/c19-11-2-1-3-13(28)14(11)15-12(20)8-10-16(26-6-4-21-5-7-26)24-18-25-22-9-27(18)17(10)23-15/h1-3,8-9,21,28H,4-7H2. The van der Waals surface area contributed by atoms with Gasteiger partial charge in [-0.2, -0.15) is 4.98 Å². The van der Waals surface area contributed by atoms with Crippen LogP contribution in [0.25, 0.3) is 28.1 Å². The molecular formula is C18H15F2N7O. The monoisotopic (exact) mass is 383 g/mol. The van der Waals surface area contributed by atoms with E-state index in [0.29, 0.717) is 35.7 Å². The number of hydrogen-bond donors (Lipinski definition) is 2. The van der Waals surface area contributed by atoms with Crippen LogP contribution in [-0.2, 0) is 0 Å². The fourth-order valence-corrected chi connectivity index (χ4v) is 3.48. The number of rotatable bonds is 2. The van der Waals surface area contributed by atoms with E-state index in [1.54, 1.807) is 0 Å². The molecule has 0 saturated carbocycles. The SMILES string of the molecule is Oc1cccc(F)c1-c1nc2c(cc1F)c(N1CCNCC1)nc1nncn12. The summed E-state index contributed by atoms with van der Waals surface area (Å²) in [7, 11) is 0. The Morgan fingerprint density at radius 1 is 1.07 bits per heavy atom. The molecule has 142 valence electrons. The third-order valence-corrected chi connectivity index (χ3v) is 4.81. The Morgan fingerprint density at radius 2 is 1.89 bits per heavy atom. The van der Waals surface area contributed by atoms with Gasteiger partial charge in [-0.3, -0.25) is 0 Å². The van der Waals surface area contributed by atoms with Gasteiger partial charge in [0.2, 0.25) is 0 Å². The highest BCUT2D eigenvalue weighted by atomic mass is 19.1. The van der Waals surface area contributed by atoms with Gasteiger partial charge in [0.15, 0.2) is 11.5 Å². The average molecular weight is 383 g/mol. The second kappa shape index (κ2) is 6.34. The van der Waals surface area contributed by atoms with Crippen LogP contribution in [0.5, 0.6) is 5.75 Å². The molecule has 1 aliphatic rings. The molecule has 2 N–H and O–H groups in total. The average Bonchev–Trinajstić information content (AvgIpc) is 3.17. The molecule has 5 rings (SSSR count). The predicted molar refractivity (Wildman–Crippen MR) is 98.2 cm³/mol. The van der Waals surface area contributed by atoms with Crippen LogP contribution in [0, 0.1) is 11.6 Å². The number of hydrogen-bond acceptors (Lipinski definition) is 7. The first-order chi connectivity index (χ1) is 13.6. The molecule has 3 aromatic heterocycles. The minimum absolute atomic E-state index is 0.282. The molecule has 1 aliphatic heterocycles. The van der Waals surface area contributed by atoms with E-state index >= 15 is 0 Å².